The number of halogens is 1. The number of methoxy groups -OCH3 is 1. The molecule has 0 saturated heterocycles. The zero-order valence-corrected chi connectivity index (χ0v) is 9.70. The molecule has 0 aromatic heterocycles. The number of carbonyl (C=O) groups is 1. The van der Waals surface area contributed by atoms with Crippen LogP contribution < -0.4 is 5.73 Å². The van der Waals surface area contributed by atoms with Crippen LogP contribution >= 0.6 is 11.6 Å². The normalized spacial score (nSPS) is 12.4. The van der Waals surface area contributed by atoms with Crippen LogP contribution in [0.3, 0.4) is 0 Å². The van der Waals surface area contributed by atoms with Crippen LogP contribution in [0, 0.1) is 0 Å². The van der Waals surface area contributed by atoms with E-state index in [1.165, 1.54) is 0 Å². The first-order valence-electron chi connectivity index (χ1n) is 4.81. The smallest absolute Gasteiger partial charge is 0.312 e. The Balaban J connectivity index is 3.22. The van der Waals surface area contributed by atoms with Crippen LogP contribution in [0.4, 0.5) is 0 Å². The first-order chi connectivity index (χ1) is 7.61. The predicted octanol–water partition coefficient (Wildman–Crippen LogP) is 1.61. The highest BCUT2D eigenvalue weighted by Gasteiger charge is 2.23. The highest BCUT2D eigenvalue weighted by Crippen LogP contribution is 2.28. The molecule has 0 heterocycles. The zero-order chi connectivity index (χ0) is 12.1. The molecule has 1 atom stereocenters. The van der Waals surface area contributed by atoms with Crippen molar-refractivity contribution in [3.8, 4) is 0 Å². The van der Waals surface area contributed by atoms with Gasteiger partial charge in [-0.15, -0.1) is 0 Å². The van der Waals surface area contributed by atoms with E-state index >= 15 is 0 Å². The Bertz CT molecular complexity index is 381. The van der Waals surface area contributed by atoms with E-state index in [0.717, 1.165) is 5.56 Å². The number of carboxylic acids is 1. The summed E-state index contributed by atoms with van der Waals surface area (Å²) in [6.07, 6.45) is 0. The van der Waals surface area contributed by atoms with Crippen LogP contribution in [0.5, 0.6) is 0 Å². The van der Waals surface area contributed by atoms with Crippen LogP contribution in [0.1, 0.15) is 17.0 Å². The van der Waals surface area contributed by atoms with E-state index in [2.05, 4.69) is 0 Å². The van der Waals surface area contributed by atoms with Crippen LogP contribution in [0.15, 0.2) is 18.2 Å². The SMILES string of the molecule is COCc1cccc(Cl)c1C(CN)C(=O)O. The molecule has 0 saturated carbocycles. The molecule has 0 aliphatic rings. The van der Waals surface area contributed by atoms with Crippen molar-refractivity contribution >= 4 is 17.6 Å². The number of rotatable bonds is 5. The van der Waals surface area contributed by atoms with Gasteiger partial charge in [0.15, 0.2) is 0 Å². The van der Waals surface area contributed by atoms with E-state index in [1.807, 2.05) is 0 Å². The monoisotopic (exact) mass is 243 g/mol. The second kappa shape index (κ2) is 5.84. The number of hydrogen-bond donors (Lipinski definition) is 2. The Morgan fingerprint density at radius 2 is 2.31 bits per heavy atom. The molecule has 88 valence electrons. The minimum atomic E-state index is -0.979. The largest absolute Gasteiger partial charge is 0.481 e. The van der Waals surface area contributed by atoms with Gasteiger partial charge >= 0.3 is 5.97 Å². The Morgan fingerprint density at radius 1 is 1.62 bits per heavy atom. The molecule has 1 rings (SSSR count). The lowest BCUT2D eigenvalue weighted by Crippen LogP contribution is -2.23. The summed E-state index contributed by atoms with van der Waals surface area (Å²) in [5, 5.41) is 9.47. The molecule has 1 unspecified atom stereocenters. The summed E-state index contributed by atoms with van der Waals surface area (Å²) in [4.78, 5) is 11.1. The van der Waals surface area contributed by atoms with E-state index in [-0.39, 0.29) is 6.54 Å². The van der Waals surface area contributed by atoms with Gasteiger partial charge in [0.2, 0.25) is 0 Å². The first kappa shape index (κ1) is 13.0. The molecule has 16 heavy (non-hydrogen) atoms. The van der Waals surface area contributed by atoms with E-state index in [9.17, 15) is 4.79 Å². The predicted molar refractivity (Wildman–Crippen MR) is 61.6 cm³/mol. The average Bonchev–Trinajstić information content (AvgIpc) is 2.23. The highest BCUT2D eigenvalue weighted by atomic mass is 35.5. The minimum absolute atomic E-state index is 0.00970. The molecule has 5 heteroatoms. The zero-order valence-electron chi connectivity index (χ0n) is 8.94. The van der Waals surface area contributed by atoms with Gasteiger partial charge in [-0.1, -0.05) is 23.7 Å². The summed E-state index contributed by atoms with van der Waals surface area (Å²) < 4.78 is 5.01. The van der Waals surface area contributed by atoms with Gasteiger partial charge in [-0.3, -0.25) is 4.79 Å². The molecule has 0 fully saturated rings. The average molecular weight is 244 g/mol. The van der Waals surface area contributed by atoms with Gasteiger partial charge in [-0.25, -0.2) is 0 Å². The molecular weight excluding hydrogens is 230 g/mol. The van der Waals surface area contributed by atoms with Gasteiger partial charge in [0.25, 0.3) is 0 Å². The molecule has 3 N–H and O–H groups in total. The second-order valence-electron chi connectivity index (χ2n) is 3.37. The summed E-state index contributed by atoms with van der Waals surface area (Å²) in [7, 11) is 1.54. The van der Waals surface area contributed by atoms with Crippen molar-refractivity contribution in [1.82, 2.24) is 0 Å². The molecule has 1 aromatic carbocycles. The third-order valence-electron chi connectivity index (χ3n) is 2.33. The van der Waals surface area contributed by atoms with Crippen molar-refractivity contribution in [3.63, 3.8) is 0 Å². The maximum Gasteiger partial charge on any atom is 0.312 e. The molecule has 0 radical (unpaired) electrons. The van der Waals surface area contributed by atoms with Gasteiger partial charge in [0, 0.05) is 18.7 Å². The molecule has 0 aliphatic heterocycles. The lowest BCUT2D eigenvalue weighted by atomic mass is 9.94. The first-order valence-corrected chi connectivity index (χ1v) is 5.18. The summed E-state index contributed by atoms with van der Waals surface area (Å²) in [6.45, 7) is 0.329. The lowest BCUT2D eigenvalue weighted by molar-refractivity contribution is -0.138. The number of ether oxygens (including phenoxy) is 1. The molecule has 0 bridgehead atoms. The number of aliphatic carboxylic acids is 1. The summed E-state index contributed by atoms with van der Waals surface area (Å²) in [5.74, 6) is -1.77. The molecule has 1 aromatic rings. The van der Waals surface area contributed by atoms with Gasteiger partial charge < -0.3 is 15.6 Å². The van der Waals surface area contributed by atoms with Gasteiger partial charge in [-0.05, 0) is 17.2 Å². The topological polar surface area (TPSA) is 72.5 Å². The Labute approximate surface area is 99.0 Å². The fraction of sp³-hybridized carbons (Fsp3) is 0.364. The van der Waals surface area contributed by atoms with Crippen LogP contribution in [0.2, 0.25) is 5.02 Å². The number of benzene rings is 1. The van der Waals surface area contributed by atoms with Gasteiger partial charge in [-0.2, -0.15) is 0 Å². The third-order valence-corrected chi connectivity index (χ3v) is 2.65. The molecule has 4 nitrogen and oxygen atoms in total. The quantitative estimate of drug-likeness (QED) is 0.824. The van der Waals surface area contributed by atoms with Gasteiger partial charge in [0.05, 0.1) is 12.5 Å². The van der Waals surface area contributed by atoms with Gasteiger partial charge in [0.1, 0.15) is 0 Å². The standard InChI is InChI=1S/C11H14ClNO3/c1-16-6-7-3-2-4-9(12)10(7)8(5-13)11(14)15/h2-4,8H,5-6,13H2,1H3,(H,14,15). The number of hydrogen-bond acceptors (Lipinski definition) is 3. The summed E-state index contributed by atoms with van der Waals surface area (Å²) in [5.41, 5.74) is 6.76. The van der Waals surface area contributed by atoms with E-state index < -0.39 is 11.9 Å². The van der Waals surface area contributed by atoms with E-state index in [4.69, 9.17) is 27.2 Å². The van der Waals surface area contributed by atoms with Crippen molar-refractivity contribution in [2.24, 2.45) is 5.73 Å². The minimum Gasteiger partial charge on any atom is -0.481 e. The van der Waals surface area contributed by atoms with Crippen molar-refractivity contribution in [1.29, 1.82) is 0 Å². The van der Waals surface area contributed by atoms with Crippen molar-refractivity contribution in [2.75, 3.05) is 13.7 Å². The highest BCUT2D eigenvalue weighted by molar-refractivity contribution is 6.31. The van der Waals surface area contributed by atoms with Crippen molar-refractivity contribution in [2.45, 2.75) is 12.5 Å². The Morgan fingerprint density at radius 3 is 2.81 bits per heavy atom. The summed E-state index contributed by atoms with van der Waals surface area (Å²) in [6, 6.07) is 5.20. The van der Waals surface area contributed by atoms with Crippen molar-refractivity contribution in [3.05, 3.63) is 34.3 Å². The Hall–Kier alpha value is -1.10. The molecule has 0 spiro atoms. The van der Waals surface area contributed by atoms with E-state index in [1.54, 1.807) is 25.3 Å². The second-order valence-corrected chi connectivity index (χ2v) is 3.78. The summed E-state index contributed by atoms with van der Waals surface area (Å²) >= 11 is 6.01. The number of nitrogens with two attached hydrogens (primary N) is 1. The van der Waals surface area contributed by atoms with Crippen LogP contribution in [-0.4, -0.2) is 24.7 Å². The molecule has 0 aliphatic carbocycles. The molecule has 0 amide bonds. The molecular formula is C11H14ClNO3. The van der Waals surface area contributed by atoms with Crippen molar-refractivity contribution < 1.29 is 14.6 Å². The maximum absolute atomic E-state index is 11.1. The third kappa shape index (κ3) is 2.72. The van der Waals surface area contributed by atoms with Crippen LogP contribution in [-0.2, 0) is 16.1 Å². The van der Waals surface area contributed by atoms with E-state index in [0.29, 0.717) is 17.2 Å². The fourth-order valence-corrected chi connectivity index (χ4v) is 1.92. The Kier molecular flexibility index (Phi) is 4.73. The fourth-order valence-electron chi connectivity index (χ4n) is 1.60. The van der Waals surface area contributed by atoms with Crippen LogP contribution in [0.25, 0.3) is 0 Å². The maximum atomic E-state index is 11.1. The lowest BCUT2D eigenvalue weighted by Gasteiger charge is -2.16. The number of carboxylic acid groups (broad SMARTS) is 1.